The Hall–Kier alpha value is -3.04. The highest BCUT2D eigenvalue weighted by Crippen LogP contribution is 2.35. The molecule has 0 saturated heterocycles. The van der Waals surface area contributed by atoms with Crippen molar-refractivity contribution in [3.63, 3.8) is 0 Å². The molecule has 0 bridgehead atoms. The van der Waals surface area contributed by atoms with Gasteiger partial charge in [0.15, 0.2) is 22.4 Å². The summed E-state index contributed by atoms with van der Waals surface area (Å²) in [4.78, 5) is 23.5. The number of hydrogen-bond acceptors (Lipinski definition) is 6. The van der Waals surface area contributed by atoms with Crippen LogP contribution >= 0.6 is 23.8 Å². The van der Waals surface area contributed by atoms with Gasteiger partial charge in [0.05, 0.1) is 23.4 Å². The fourth-order valence-corrected chi connectivity index (χ4v) is 2.88. The molecule has 140 valence electrons. The number of rotatable bonds is 4. The molecule has 0 fully saturated rings. The van der Waals surface area contributed by atoms with Crippen LogP contribution in [-0.4, -0.2) is 36.0 Å². The van der Waals surface area contributed by atoms with Gasteiger partial charge in [-0.25, -0.2) is 4.79 Å². The fourth-order valence-electron chi connectivity index (χ4n) is 2.38. The summed E-state index contributed by atoms with van der Waals surface area (Å²) in [6.45, 7) is 0.0981. The highest BCUT2D eigenvalue weighted by molar-refractivity contribution is 7.80. The minimum absolute atomic E-state index is 0.0606. The molecule has 0 atom stereocenters. The third-order valence-electron chi connectivity index (χ3n) is 3.60. The molecule has 0 unspecified atom stereocenters. The van der Waals surface area contributed by atoms with Gasteiger partial charge in [-0.1, -0.05) is 11.6 Å². The number of nitrogens with one attached hydrogen (secondary N) is 2. The SMILES string of the molecule is COc1c(Cl)cc(C(=O)O)cc1NC(=S)NC(=O)c1ccc2c(c1)OCO2. The molecule has 2 aromatic rings. The number of amides is 1. The second-order valence-electron chi connectivity index (χ2n) is 5.32. The number of hydrogen-bond donors (Lipinski definition) is 3. The van der Waals surface area contributed by atoms with Crippen LogP contribution in [0.4, 0.5) is 5.69 Å². The summed E-state index contributed by atoms with van der Waals surface area (Å²) in [6.07, 6.45) is 0. The first-order chi connectivity index (χ1) is 12.9. The average molecular weight is 409 g/mol. The summed E-state index contributed by atoms with van der Waals surface area (Å²) < 4.78 is 15.6. The van der Waals surface area contributed by atoms with Gasteiger partial charge in [-0.3, -0.25) is 10.1 Å². The predicted octanol–water partition coefficient (Wildman–Crippen LogP) is 2.90. The van der Waals surface area contributed by atoms with Crippen molar-refractivity contribution in [2.45, 2.75) is 0 Å². The second-order valence-corrected chi connectivity index (χ2v) is 6.14. The van der Waals surface area contributed by atoms with Crippen LogP contribution in [0, 0.1) is 0 Å². The molecule has 0 radical (unpaired) electrons. The highest BCUT2D eigenvalue weighted by atomic mass is 35.5. The molecule has 3 N–H and O–H groups in total. The van der Waals surface area contributed by atoms with Gasteiger partial charge in [-0.05, 0) is 42.5 Å². The Morgan fingerprint density at radius 3 is 2.63 bits per heavy atom. The summed E-state index contributed by atoms with van der Waals surface area (Å²) in [7, 11) is 1.38. The summed E-state index contributed by atoms with van der Waals surface area (Å²) >= 11 is 11.2. The van der Waals surface area contributed by atoms with E-state index in [1.165, 1.54) is 25.3 Å². The molecule has 1 aliphatic heterocycles. The van der Waals surface area contributed by atoms with Crippen molar-refractivity contribution in [2.75, 3.05) is 19.2 Å². The minimum Gasteiger partial charge on any atom is -0.493 e. The van der Waals surface area contributed by atoms with Gasteiger partial charge in [0.2, 0.25) is 6.79 Å². The normalized spacial score (nSPS) is 11.6. The van der Waals surface area contributed by atoms with Gasteiger partial charge in [-0.2, -0.15) is 0 Å². The molecule has 27 heavy (non-hydrogen) atoms. The number of thiocarbonyl (C=S) groups is 1. The molecule has 3 rings (SSSR count). The second kappa shape index (κ2) is 7.68. The first kappa shape index (κ1) is 18.7. The van der Waals surface area contributed by atoms with Crippen LogP contribution in [-0.2, 0) is 0 Å². The topological polar surface area (TPSA) is 106 Å². The Balaban J connectivity index is 1.75. The Morgan fingerprint density at radius 2 is 1.93 bits per heavy atom. The van der Waals surface area contributed by atoms with E-state index in [0.717, 1.165) is 0 Å². The number of ether oxygens (including phenoxy) is 3. The third-order valence-corrected chi connectivity index (χ3v) is 4.09. The summed E-state index contributed by atoms with van der Waals surface area (Å²) in [5.74, 6) is -0.439. The van der Waals surface area contributed by atoms with Crippen LogP contribution < -0.4 is 24.8 Å². The van der Waals surface area contributed by atoms with Crippen molar-refractivity contribution in [1.29, 1.82) is 0 Å². The van der Waals surface area contributed by atoms with Crippen molar-refractivity contribution in [1.82, 2.24) is 5.32 Å². The molecule has 1 heterocycles. The maximum atomic E-state index is 12.4. The van der Waals surface area contributed by atoms with E-state index >= 15 is 0 Å². The molecule has 1 aliphatic rings. The van der Waals surface area contributed by atoms with E-state index < -0.39 is 11.9 Å². The number of halogens is 1. The Bertz CT molecular complexity index is 949. The zero-order valence-corrected chi connectivity index (χ0v) is 15.4. The number of carbonyl (C=O) groups is 2. The molecule has 1 amide bonds. The monoisotopic (exact) mass is 408 g/mol. The smallest absolute Gasteiger partial charge is 0.335 e. The van der Waals surface area contributed by atoms with E-state index in [9.17, 15) is 9.59 Å². The lowest BCUT2D eigenvalue weighted by Gasteiger charge is -2.15. The fraction of sp³-hybridized carbons (Fsp3) is 0.118. The van der Waals surface area contributed by atoms with Crippen LogP contribution in [0.2, 0.25) is 5.02 Å². The van der Waals surface area contributed by atoms with E-state index in [1.54, 1.807) is 12.1 Å². The van der Waals surface area contributed by atoms with Crippen LogP contribution in [0.25, 0.3) is 0 Å². The zero-order chi connectivity index (χ0) is 19.6. The Morgan fingerprint density at radius 1 is 1.19 bits per heavy atom. The van der Waals surface area contributed by atoms with Gasteiger partial charge < -0.3 is 24.6 Å². The summed E-state index contributed by atoms with van der Waals surface area (Å²) in [5.41, 5.74) is 0.458. The van der Waals surface area contributed by atoms with Crippen molar-refractivity contribution >= 4 is 46.5 Å². The molecular weight excluding hydrogens is 396 g/mol. The number of carboxylic acids is 1. The van der Waals surface area contributed by atoms with E-state index in [2.05, 4.69) is 10.6 Å². The number of aromatic carboxylic acids is 1. The van der Waals surface area contributed by atoms with E-state index in [1.807, 2.05) is 0 Å². The molecule has 0 aliphatic carbocycles. The number of carbonyl (C=O) groups excluding carboxylic acids is 1. The highest BCUT2D eigenvalue weighted by Gasteiger charge is 2.18. The lowest BCUT2D eigenvalue weighted by Crippen LogP contribution is -2.34. The molecular formula is C17H13ClN2O6S. The number of carboxylic acid groups (broad SMARTS) is 1. The van der Waals surface area contributed by atoms with Gasteiger partial charge >= 0.3 is 5.97 Å². The zero-order valence-electron chi connectivity index (χ0n) is 13.9. The first-order valence-electron chi connectivity index (χ1n) is 7.52. The number of fused-ring (bicyclic) bond motifs is 1. The van der Waals surface area contributed by atoms with Crippen LogP contribution in [0.5, 0.6) is 17.2 Å². The third kappa shape index (κ3) is 4.04. The van der Waals surface area contributed by atoms with Crippen LogP contribution in [0.3, 0.4) is 0 Å². The average Bonchev–Trinajstić information content (AvgIpc) is 3.08. The maximum absolute atomic E-state index is 12.4. The molecule has 10 heteroatoms. The van der Waals surface area contributed by atoms with Crippen molar-refractivity contribution in [2.24, 2.45) is 0 Å². The lowest BCUT2D eigenvalue weighted by atomic mass is 10.2. The predicted molar refractivity (Wildman–Crippen MR) is 101 cm³/mol. The van der Waals surface area contributed by atoms with Gasteiger partial charge in [0.1, 0.15) is 0 Å². The molecule has 2 aromatic carbocycles. The van der Waals surface area contributed by atoms with Crippen LogP contribution in [0.15, 0.2) is 30.3 Å². The maximum Gasteiger partial charge on any atom is 0.335 e. The number of benzene rings is 2. The van der Waals surface area contributed by atoms with E-state index in [-0.39, 0.29) is 33.9 Å². The van der Waals surface area contributed by atoms with Crippen molar-refractivity contribution in [3.05, 3.63) is 46.5 Å². The molecule has 0 saturated carbocycles. The van der Waals surface area contributed by atoms with Crippen LogP contribution in [0.1, 0.15) is 20.7 Å². The van der Waals surface area contributed by atoms with Gasteiger partial charge in [0, 0.05) is 5.56 Å². The van der Waals surface area contributed by atoms with Crippen molar-refractivity contribution in [3.8, 4) is 17.2 Å². The number of methoxy groups -OCH3 is 1. The minimum atomic E-state index is -1.17. The van der Waals surface area contributed by atoms with E-state index in [0.29, 0.717) is 17.1 Å². The van der Waals surface area contributed by atoms with Gasteiger partial charge in [0.25, 0.3) is 5.91 Å². The van der Waals surface area contributed by atoms with Crippen molar-refractivity contribution < 1.29 is 28.9 Å². The standard InChI is InChI=1S/C17H13ClN2O6S/c1-24-14-10(18)4-9(16(22)23)5-11(14)19-17(27)20-15(21)8-2-3-12-13(6-8)26-7-25-12/h2-6H,7H2,1H3,(H,22,23)(H2,19,20,21,27). The van der Waals surface area contributed by atoms with Gasteiger partial charge in [-0.15, -0.1) is 0 Å². The Kier molecular flexibility index (Phi) is 5.33. The molecule has 8 nitrogen and oxygen atoms in total. The molecule has 0 aromatic heterocycles. The molecule has 0 spiro atoms. The Labute approximate surface area is 164 Å². The largest absolute Gasteiger partial charge is 0.493 e. The lowest BCUT2D eigenvalue weighted by molar-refractivity contribution is 0.0696. The summed E-state index contributed by atoms with van der Waals surface area (Å²) in [6, 6.07) is 7.26. The quantitative estimate of drug-likeness (QED) is 0.663. The first-order valence-corrected chi connectivity index (χ1v) is 8.30. The number of anilines is 1. The van der Waals surface area contributed by atoms with E-state index in [4.69, 9.17) is 43.1 Å². The summed E-state index contributed by atoms with van der Waals surface area (Å²) in [5, 5.41) is 14.4.